The Balaban J connectivity index is 0.740. The third-order valence-electron chi connectivity index (χ3n) is 16.3. The van der Waals surface area contributed by atoms with Gasteiger partial charge in [0, 0.05) is 118 Å². The average Bonchev–Trinajstić information content (AvgIpc) is 4.20. The molecule has 5 aromatic rings. The highest BCUT2D eigenvalue weighted by Gasteiger charge is 2.54. The summed E-state index contributed by atoms with van der Waals surface area (Å²) in [5.74, 6) is -0.531. The van der Waals surface area contributed by atoms with E-state index < -0.39 is 30.4 Å². The van der Waals surface area contributed by atoms with Crippen molar-refractivity contribution in [3.05, 3.63) is 92.9 Å². The number of ether oxygens (including phenoxy) is 1. The highest BCUT2D eigenvalue weighted by atomic mass is 32.1. The first-order valence-corrected chi connectivity index (χ1v) is 26.9. The van der Waals surface area contributed by atoms with E-state index in [0.29, 0.717) is 95.0 Å². The number of hydrogen-bond acceptors (Lipinski definition) is 13. The number of thiazole rings is 1. The summed E-state index contributed by atoms with van der Waals surface area (Å²) in [4.78, 5) is 69.4. The van der Waals surface area contributed by atoms with Crippen LogP contribution in [0.5, 0.6) is 0 Å². The highest BCUT2D eigenvalue weighted by molar-refractivity contribution is 7.13. The molecule has 6 aliphatic rings. The molecule has 0 unspecified atom stereocenters. The third-order valence-corrected chi connectivity index (χ3v) is 17.2. The molecule has 0 aliphatic carbocycles. The Morgan fingerprint density at radius 3 is 2.41 bits per heavy atom. The van der Waals surface area contributed by atoms with Crippen LogP contribution >= 0.6 is 11.3 Å². The summed E-state index contributed by atoms with van der Waals surface area (Å²) in [6.45, 7) is 14.0. The fourth-order valence-corrected chi connectivity index (χ4v) is 13.1. The zero-order valence-corrected chi connectivity index (χ0v) is 43.4. The smallest absolute Gasteiger partial charge is 0.264 e. The van der Waals surface area contributed by atoms with Gasteiger partial charge in [-0.15, -0.1) is 11.3 Å². The molecule has 2 aromatic carbocycles. The molecule has 392 valence electrons. The molecule has 4 atom stereocenters. The molecule has 2 N–H and O–H groups in total. The fraction of sp³-hybridized carbons (Fsp3) is 0.537. The lowest BCUT2D eigenvalue weighted by Gasteiger charge is -2.60. The maximum atomic E-state index is 15.1. The number of carbonyl (C=O) groups is 4. The number of hydrogen-bond donors (Lipinski definition) is 2. The van der Waals surface area contributed by atoms with Crippen LogP contribution in [-0.2, 0) is 38.5 Å². The first kappa shape index (κ1) is 49.9. The van der Waals surface area contributed by atoms with E-state index in [0.717, 1.165) is 57.8 Å². The number of likely N-dealkylation sites (tertiary alicyclic amines) is 2. The van der Waals surface area contributed by atoms with Gasteiger partial charge >= 0.3 is 0 Å². The van der Waals surface area contributed by atoms with Gasteiger partial charge in [-0.3, -0.25) is 23.9 Å². The number of amides is 4. The van der Waals surface area contributed by atoms with Crippen molar-refractivity contribution in [3.63, 3.8) is 0 Å². The first-order valence-electron chi connectivity index (χ1n) is 26.0. The zero-order valence-electron chi connectivity index (χ0n) is 42.6. The standard InChI is InChI=1S/C54H64F2N10O7S/c1-30(2)47(53(71)65-23-38(68)20-44(65)51(69)58-31(3)34-8-10-35(11-9-34)48-32(4)57-29-74-48)45-22-46(60-73-45)62-25-54(26-62)27-63(28-54)52(70)40-19-36-7-6-15-64(43(36)21-39(40)49(55)56)50-41-24-61(33(5)67)16-12-42(41)66(59-50)37-13-17-72-18-14-37/h8-11,19,21-22,29-31,37-38,44,47,49,68H,6-7,12-18,20,23-28H2,1-5H3,(H,58,69)/t31-,38+,44-,47+/m0/s1. The topological polar surface area (TPSA) is 183 Å². The Hall–Kier alpha value is -6.25. The van der Waals surface area contributed by atoms with Crippen molar-refractivity contribution in [3.8, 4) is 10.4 Å². The van der Waals surface area contributed by atoms with Crippen molar-refractivity contribution >= 4 is 52.3 Å². The second-order valence-electron chi connectivity index (χ2n) is 21.7. The van der Waals surface area contributed by atoms with E-state index in [-0.39, 0.29) is 65.2 Å². The normalized spacial score (nSPS) is 21.4. The van der Waals surface area contributed by atoms with E-state index in [9.17, 15) is 24.3 Å². The molecule has 11 rings (SSSR count). The number of fused-ring (bicyclic) bond motifs is 2. The summed E-state index contributed by atoms with van der Waals surface area (Å²) in [6, 6.07) is 11.8. The van der Waals surface area contributed by atoms with Crippen LogP contribution in [0.15, 0.2) is 52.5 Å². The molecule has 74 heavy (non-hydrogen) atoms. The number of halogens is 2. The Kier molecular flexibility index (Phi) is 13.4. The predicted molar refractivity (Wildman–Crippen MR) is 272 cm³/mol. The number of β-amino-alcohol motifs (C(OH)–C–C–N with tert-alkyl or cyclic N) is 1. The molecular weight excluding hydrogens is 971 g/mol. The molecular formula is C54H64F2N10O7S. The van der Waals surface area contributed by atoms with E-state index in [2.05, 4.69) is 20.1 Å². The van der Waals surface area contributed by atoms with Gasteiger partial charge in [0.1, 0.15) is 12.0 Å². The molecule has 4 saturated heterocycles. The summed E-state index contributed by atoms with van der Waals surface area (Å²) in [5, 5.41) is 23.4. The number of alkyl halides is 2. The summed E-state index contributed by atoms with van der Waals surface area (Å²) >= 11 is 1.57. The molecule has 3 aromatic heterocycles. The highest BCUT2D eigenvalue weighted by Crippen LogP contribution is 2.46. The van der Waals surface area contributed by atoms with Crippen LogP contribution < -0.4 is 15.1 Å². The monoisotopic (exact) mass is 1030 g/mol. The predicted octanol–water partition coefficient (Wildman–Crippen LogP) is 7.12. The Morgan fingerprint density at radius 1 is 0.959 bits per heavy atom. The SMILES string of the molecule is CC(=O)N1CCc2c(c(N3CCCc4cc(C(=O)N5CC6(C5)CN(c5cc([C@H](C(=O)N7C[C@H](O)C[C@H]7C(=O)N[C@@H](C)c7ccc(-c8scnc8C)cc7)C(C)C)on5)C6)c(C(F)F)cc43)nn2C2CCOCC2)C1. The second-order valence-corrected chi connectivity index (χ2v) is 22.5. The van der Waals surface area contributed by atoms with Crippen molar-refractivity contribution in [1.29, 1.82) is 0 Å². The van der Waals surface area contributed by atoms with Crippen LogP contribution in [0.2, 0.25) is 0 Å². The number of rotatable bonds is 12. The molecule has 0 radical (unpaired) electrons. The van der Waals surface area contributed by atoms with Crippen LogP contribution in [0.4, 0.5) is 26.1 Å². The molecule has 4 amide bonds. The van der Waals surface area contributed by atoms with Crippen molar-refractivity contribution in [1.82, 2.24) is 39.9 Å². The Morgan fingerprint density at radius 2 is 1.72 bits per heavy atom. The van der Waals surface area contributed by atoms with Crippen molar-refractivity contribution in [2.24, 2.45) is 11.3 Å². The zero-order chi connectivity index (χ0) is 51.7. The van der Waals surface area contributed by atoms with Gasteiger partial charge in [0.25, 0.3) is 12.3 Å². The first-order chi connectivity index (χ1) is 35.6. The lowest BCUT2D eigenvalue weighted by atomic mass is 9.72. The molecule has 17 nitrogen and oxygen atoms in total. The maximum absolute atomic E-state index is 15.1. The van der Waals surface area contributed by atoms with Crippen LogP contribution in [0.1, 0.15) is 128 Å². The Bertz CT molecular complexity index is 2950. The van der Waals surface area contributed by atoms with Gasteiger partial charge in [-0.05, 0) is 74.3 Å². The number of benzene rings is 2. The average molecular weight is 1040 g/mol. The van der Waals surface area contributed by atoms with Crippen molar-refractivity contribution < 1.29 is 42.3 Å². The van der Waals surface area contributed by atoms with Gasteiger partial charge in [0.15, 0.2) is 17.4 Å². The van der Waals surface area contributed by atoms with Gasteiger partial charge in [0.05, 0.1) is 40.8 Å². The van der Waals surface area contributed by atoms with Crippen molar-refractivity contribution in [2.45, 2.75) is 116 Å². The largest absolute Gasteiger partial charge is 0.391 e. The minimum absolute atomic E-state index is 0.0120. The molecule has 1 spiro atoms. The van der Waals surface area contributed by atoms with Gasteiger partial charge in [-0.2, -0.15) is 5.10 Å². The van der Waals surface area contributed by atoms with Gasteiger partial charge in [-0.1, -0.05) is 43.3 Å². The number of aliphatic hydroxyl groups is 1. The maximum Gasteiger partial charge on any atom is 0.264 e. The lowest BCUT2D eigenvalue weighted by molar-refractivity contribution is -0.141. The van der Waals surface area contributed by atoms with E-state index in [1.54, 1.807) is 35.3 Å². The van der Waals surface area contributed by atoms with Crippen LogP contribution in [-0.4, -0.2) is 135 Å². The third kappa shape index (κ3) is 9.13. The summed E-state index contributed by atoms with van der Waals surface area (Å²) < 4.78 is 43.9. The summed E-state index contributed by atoms with van der Waals surface area (Å²) in [6.07, 6.45) is 0.0207. The minimum atomic E-state index is -2.89. The van der Waals surface area contributed by atoms with Crippen LogP contribution in [0.25, 0.3) is 10.4 Å². The number of aromatic nitrogens is 4. The number of nitrogens with zero attached hydrogens (tertiary/aromatic N) is 9. The molecule has 4 fully saturated rings. The fourth-order valence-electron chi connectivity index (χ4n) is 12.3. The quantitative estimate of drug-likeness (QED) is 0.129. The number of aryl methyl sites for hydroxylation is 2. The number of carbonyl (C=O) groups excluding carboxylic acids is 4. The molecule has 9 heterocycles. The van der Waals surface area contributed by atoms with Gasteiger partial charge in [-0.25, -0.2) is 13.8 Å². The molecule has 0 saturated carbocycles. The van der Waals surface area contributed by atoms with Crippen LogP contribution in [0, 0.1) is 18.3 Å². The van der Waals surface area contributed by atoms with Gasteiger partial charge in [0.2, 0.25) is 17.7 Å². The van der Waals surface area contributed by atoms with E-state index in [4.69, 9.17) is 14.4 Å². The lowest BCUT2D eigenvalue weighted by Crippen LogP contribution is -2.73. The summed E-state index contributed by atoms with van der Waals surface area (Å²) in [5.41, 5.74) is 7.66. The van der Waals surface area contributed by atoms with Crippen molar-refractivity contribution in [2.75, 3.05) is 68.8 Å². The number of anilines is 3. The van der Waals surface area contributed by atoms with E-state index >= 15 is 8.78 Å². The summed E-state index contributed by atoms with van der Waals surface area (Å²) in [7, 11) is 0. The molecule has 6 aliphatic heterocycles. The number of nitrogens with one attached hydrogen (secondary N) is 1. The van der Waals surface area contributed by atoms with E-state index in [1.807, 2.05) is 72.2 Å². The second kappa shape index (κ2) is 19.8. The molecule has 0 bridgehead atoms. The van der Waals surface area contributed by atoms with E-state index in [1.165, 1.54) is 11.0 Å². The molecule has 20 heteroatoms. The number of aliphatic hydroxyl groups excluding tert-OH is 1. The minimum Gasteiger partial charge on any atom is -0.391 e. The van der Waals surface area contributed by atoms with Crippen LogP contribution in [0.3, 0.4) is 0 Å². The van der Waals surface area contributed by atoms with Gasteiger partial charge < -0.3 is 44.2 Å². The Labute approximate surface area is 432 Å².